The Bertz CT molecular complexity index is 1010. The number of esters is 1. The molecule has 3 aromatic rings. The van der Waals surface area contributed by atoms with E-state index in [1.54, 1.807) is 6.92 Å². The molecule has 7 nitrogen and oxygen atoms in total. The van der Waals surface area contributed by atoms with Gasteiger partial charge in [-0.25, -0.2) is 9.59 Å². The van der Waals surface area contributed by atoms with E-state index in [0.717, 1.165) is 16.2 Å². The van der Waals surface area contributed by atoms with Crippen molar-refractivity contribution >= 4 is 39.6 Å². The molecule has 0 unspecified atom stereocenters. The highest BCUT2D eigenvalue weighted by atomic mass is 16.6. The number of aryl methyl sites for hydroxylation is 1. The van der Waals surface area contributed by atoms with Crippen LogP contribution in [0.1, 0.15) is 23.0 Å². The van der Waals surface area contributed by atoms with Crippen LogP contribution < -0.4 is 11.1 Å². The summed E-state index contributed by atoms with van der Waals surface area (Å²) >= 11 is 0. The number of primary amides is 1. The number of ether oxygens (including phenoxy) is 1. The monoisotopic (exact) mass is 340 g/mol. The number of carbonyl (C=O) groups is 3. The molecule has 0 bridgehead atoms. The maximum absolute atomic E-state index is 12.4. The predicted molar refractivity (Wildman–Crippen MR) is 91.1 cm³/mol. The van der Waals surface area contributed by atoms with Gasteiger partial charge in [-0.1, -0.05) is 36.4 Å². The Labute approximate surface area is 142 Å². The minimum absolute atomic E-state index is 0.0186. The molecule has 0 aliphatic heterocycles. The molecule has 0 spiro atoms. The molecule has 0 saturated carbocycles. The van der Waals surface area contributed by atoms with Crippen LogP contribution in [-0.4, -0.2) is 24.0 Å². The zero-order valence-electron chi connectivity index (χ0n) is 13.7. The Morgan fingerprint density at radius 3 is 2.56 bits per heavy atom. The third-order valence-corrected chi connectivity index (χ3v) is 3.91. The van der Waals surface area contributed by atoms with E-state index < -0.39 is 24.0 Å². The molecule has 1 atom stereocenters. The minimum atomic E-state index is -1.19. The van der Waals surface area contributed by atoms with E-state index in [-0.39, 0.29) is 5.76 Å². The van der Waals surface area contributed by atoms with Gasteiger partial charge in [0.1, 0.15) is 5.58 Å². The number of urea groups is 1. The SMILES string of the molecule is Cc1c(C(=O)O[C@@H](C)C(=O)NC(N)=O)oc2c1ccc1ccccc12. The molecule has 2 aromatic carbocycles. The molecule has 7 heteroatoms. The van der Waals surface area contributed by atoms with Gasteiger partial charge < -0.3 is 14.9 Å². The molecule has 0 aliphatic carbocycles. The van der Waals surface area contributed by atoms with Crippen molar-refractivity contribution in [3.05, 3.63) is 47.7 Å². The molecule has 1 heterocycles. The lowest BCUT2D eigenvalue weighted by Gasteiger charge is -2.11. The highest BCUT2D eigenvalue weighted by Crippen LogP contribution is 2.32. The molecule has 3 rings (SSSR count). The highest BCUT2D eigenvalue weighted by Gasteiger charge is 2.25. The van der Waals surface area contributed by atoms with Gasteiger partial charge in [-0.3, -0.25) is 10.1 Å². The standard InChI is InChI=1S/C18H16N2O5/c1-9-12-8-7-11-5-3-4-6-13(11)15(12)25-14(9)17(22)24-10(2)16(21)20-18(19)23/h3-8,10H,1-2H3,(H3,19,20,21,23)/t10-/m0/s1. The van der Waals surface area contributed by atoms with Crippen LogP contribution >= 0.6 is 0 Å². The fraction of sp³-hybridized carbons (Fsp3) is 0.167. The van der Waals surface area contributed by atoms with Gasteiger partial charge in [0.25, 0.3) is 5.91 Å². The number of amides is 3. The number of hydrogen-bond acceptors (Lipinski definition) is 5. The second kappa shape index (κ2) is 6.27. The van der Waals surface area contributed by atoms with E-state index in [4.69, 9.17) is 14.9 Å². The molecule has 3 N–H and O–H groups in total. The highest BCUT2D eigenvalue weighted by molar-refractivity contribution is 6.08. The predicted octanol–water partition coefficient (Wildman–Crippen LogP) is 2.63. The number of furan rings is 1. The molecular weight excluding hydrogens is 324 g/mol. The number of imide groups is 1. The number of carbonyl (C=O) groups excluding carboxylic acids is 3. The van der Waals surface area contributed by atoms with Crippen LogP contribution in [0.3, 0.4) is 0 Å². The third kappa shape index (κ3) is 3.03. The lowest BCUT2D eigenvalue weighted by molar-refractivity contribution is -0.127. The van der Waals surface area contributed by atoms with Gasteiger partial charge in [-0.05, 0) is 19.2 Å². The van der Waals surface area contributed by atoms with E-state index in [9.17, 15) is 14.4 Å². The van der Waals surface area contributed by atoms with Crippen LogP contribution in [0.25, 0.3) is 21.7 Å². The summed E-state index contributed by atoms with van der Waals surface area (Å²) in [4.78, 5) is 34.7. The molecule has 0 saturated heterocycles. The van der Waals surface area contributed by atoms with Crippen molar-refractivity contribution in [2.45, 2.75) is 20.0 Å². The summed E-state index contributed by atoms with van der Waals surface area (Å²) in [5.74, 6) is -1.57. The van der Waals surface area contributed by atoms with Crippen LogP contribution in [0.4, 0.5) is 4.79 Å². The average molecular weight is 340 g/mol. The van der Waals surface area contributed by atoms with Crippen molar-refractivity contribution in [2.24, 2.45) is 5.73 Å². The Morgan fingerprint density at radius 1 is 1.12 bits per heavy atom. The lowest BCUT2D eigenvalue weighted by Crippen LogP contribution is -2.42. The number of benzene rings is 2. The summed E-state index contributed by atoms with van der Waals surface area (Å²) in [5.41, 5.74) is 6.07. The molecule has 25 heavy (non-hydrogen) atoms. The maximum atomic E-state index is 12.4. The Balaban J connectivity index is 1.94. The summed E-state index contributed by atoms with van der Waals surface area (Å²) in [5, 5.41) is 4.51. The first-order valence-corrected chi connectivity index (χ1v) is 7.60. The van der Waals surface area contributed by atoms with Crippen LogP contribution in [0.5, 0.6) is 0 Å². The summed E-state index contributed by atoms with van der Waals surface area (Å²) < 4.78 is 10.8. The van der Waals surface area contributed by atoms with Gasteiger partial charge in [0.05, 0.1) is 0 Å². The van der Waals surface area contributed by atoms with E-state index in [1.807, 2.05) is 41.7 Å². The van der Waals surface area contributed by atoms with Crippen LogP contribution in [0.15, 0.2) is 40.8 Å². The number of nitrogens with two attached hydrogens (primary N) is 1. The van der Waals surface area contributed by atoms with Gasteiger partial charge in [-0.2, -0.15) is 0 Å². The van der Waals surface area contributed by atoms with E-state index >= 15 is 0 Å². The maximum Gasteiger partial charge on any atom is 0.375 e. The molecule has 128 valence electrons. The fourth-order valence-corrected chi connectivity index (χ4v) is 2.63. The van der Waals surface area contributed by atoms with E-state index in [2.05, 4.69) is 0 Å². The number of hydrogen-bond donors (Lipinski definition) is 2. The lowest BCUT2D eigenvalue weighted by atomic mass is 10.1. The molecular formula is C18H16N2O5. The Hall–Kier alpha value is -3.35. The summed E-state index contributed by atoms with van der Waals surface area (Å²) in [6.45, 7) is 3.08. The molecule has 0 radical (unpaired) electrons. The second-order valence-electron chi connectivity index (χ2n) is 5.62. The van der Waals surface area contributed by atoms with Gasteiger partial charge in [0.15, 0.2) is 6.10 Å². The van der Waals surface area contributed by atoms with Gasteiger partial charge in [-0.15, -0.1) is 0 Å². The van der Waals surface area contributed by atoms with Gasteiger partial charge >= 0.3 is 12.0 Å². The normalized spacial score (nSPS) is 12.1. The third-order valence-electron chi connectivity index (χ3n) is 3.91. The van der Waals surface area contributed by atoms with Crippen molar-refractivity contribution < 1.29 is 23.5 Å². The fourth-order valence-electron chi connectivity index (χ4n) is 2.63. The number of fused-ring (bicyclic) bond motifs is 3. The Morgan fingerprint density at radius 2 is 1.84 bits per heavy atom. The molecule has 1 aromatic heterocycles. The average Bonchev–Trinajstić information content (AvgIpc) is 2.91. The smallest absolute Gasteiger partial charge is 0.375 e. The van der Waals surface area contributed by atoms with Crippen molar-refractivity contribution in [3.63, 3.8) is 0 Å². The number of nitrogens with one attached hydrogen (secondary N) is 1. The number of rotatable bonds is 3. The van der Waals surface area contributed by atoms with Crippen molar-refractivity contribution in [2.75, 3.05) is 0 Å². The summed E-state index contributed by atoms with van der Waals surface area (Å²) in [7, 11) is 0. The summed E-state index contributed by atoms with van der Waals surface area (Å²) in [6, 6.07) is 10.4. The van der Waals surface area contributed by atoms with E-state index in [0.29, 0.717) is 11.1 Å². The zero-order valence-corrected chi connectivity index (χ0v) is 13.7. The molecule has 0 fully saturated rings. The van der Waals surface area contributed by atoms with E-state index in [1.165, 1.54) is 6.92 Å². The van der Waals surface area contributed by atoms with Crippen LogP contribution in [0, 0.1) is 6.92 Å². The first-order valence-electron chi connectivity index (χ1n) is 7.60. The van der Waals surface area contributed by atoms with Crippen molar-refractivity contribution in [1.82, 2.24) is 5.32 Å². The molecule has 0 aliphatic rings. The van der Waals surface area contributed by atoms with Gasteiger partial charge in [0.2, 0.25) is 5.76 Å². The Kier molecular flexibility index (Phi) is 4.14. The van der Waals surface area contributed by atoms with Crippen LogP contribution in [0.2, 0.25) is 0 Å². The van der Waals surface area contributed by atoms with Crippen molar-refractivity contribution in [3.8, 4) is 0 Å². The second-order valence-corrected chi connectivity index (χ2v) is 5.62. The van der Waals surface area contributed by atoms with Crippen LogP contribution in [-0.2, 0) is 9.53 Å². The molecule has 3 amide bonds. The van der Waals surface area contributed by atoms with Crippen molar-refractivity contribution in [1.29, 1.82) is 0 Å². The van der Waals surface area contributed by atoms with Gasteiger partial charge in [0, 0.05) is 16.3 Å². The zero-order chi connectivity index (χ0) is 18.1. The minimum Gasteiger partial charge on any atom is -0.448 e. The largest absolute Gasteiger partial charge is 0.448 e. The topological polar surface area (TPSA) is 112 Å². The first kappa shape index (κ1) is 16.5. The summed E-state index contributed by atoms with van der Waals surface area (Å²) in [6.07, 6.45) is -1.19. The quantitative estimate of drug-likeness (QED) is 0.712. The first-order chi connectivity index (χ1) is 11.9.